The first-order chi connectivity index (χ1) is 7.13. The van der Waals surface area contributed by atoms with Crippen LogP contribution in [-0.2, 0) is 16.1 Å². The molecule has 0 fully saturated rings. The first-order valence-electron chi connectivity index (χ1n) is 4.45. The number of rotatable bonds is 3. The van der Waals surface area contributed by atoms with Crippen LogP contribution in [0.2, 0.25) is 0 Å². The summed E-state index contributed by atoms with van der Waals surface area (Å²) in [5, 5.41) is 8.66. The van der Waals surface area contributed by atoms with Crippen molar-refractivity contribution in [2.24, 2.45) is 0 Å². The quantitative estimate of drug-likeness (QED) is 0.556. The number of hydrogen-bond acceptors (Lipinski definition) is 3. The predicted octanol–water partition coefficient (Wildman–Crippen LogP) is 2.18. The van der Waals surface area contributed by atoms with E-state index in [0.717, 1.165) is 5.56 Å². The molecule has 3 nitrogen and oxygen atoms in total. The van der Waals surface area contributed by atoms with Crippen LogP contribution in [0.1, 0.15) is 18.1 Å². The molecule has 3 heteroatoms. The third-order valence-electron chi connectivity index (χ3n) is 1.77. The van der Waals surface area contributed by atoms with Crippen molar-refractivity contribution in [1.82, 2.24) is 0 Å². The van der Waals surface area contributed by atoms with Crippen molar-refractivity contribution in [2.45, 2.75) is 13.5 Å². The topological polar surface area (TPSA) is 50.1 Å². The summed E-state index contributed by atoms with van der Waals surface area (Å²) in [6.45, 7) is 5.23. The Morgan fingerprint density at radius 1 is 1.60 bits per heavy atom. The van der Waals surface area contributed by atoms with Gasteiger partial charge in [0.1, 0.15) is 6.61 Å². The molecule has 15 heavy (non-hydrogen) atoms. The predicted molar refractivity (Wildman–Crippen MR) is 55.8 cm³/mol. The molecule has 0 unspecified atom stereocenters. The van der Waals surface area contributed by atoms with Gasteiger partial charge in [0.2, 0.25) is 0 Å². The Bertz CT molecular complexity index is 429. The maximum Gasteiger partial charge on any atom is 0.333 e. The van der Waals surface area contributed by atoms with Crippen molar-refractivity contribution < 1.29 is 9.53 Å². The highest BCUT2D eigenvalue weighted by Crippen LogP contribution is 2.06. The summed E-state index contributed by atoms with van der Waals surface area (Å²) in [6, 6.07) is 8.96. The SMILES string of the molecule is C=C(C)C(=O)OCc1cccc(C#N)c1. The van der Waals surface area contributed by atoms with Crippen LogP contribution in [0, 0.1) is 11.3 Å². The van der Waals surface area contributed by atoms with Crippen molar-refractivity contribution >= 4 is 5.97 Å². The van der Waals surface area contributed by atoms with Gasteiger partial charge in [-0.3, -0.25) is 0 Å². The molecule has 0 saturated heterocycles. The lowest BCUT2D eigenvalue weighted by molar-refractivity contribution is -0.140. The number of nitriles is 1. The highest BCUT2D eigenvalue weighted by molar-refractivity contribution is 5.86. The highest BCUT2D eigenvalue weighted by Gasteiger charge is 2.03. The second-order valence-electron chi connectivity index (χ2n) is 3.17. The molecular weight excluding hydrogens is 190 g/mol. The normalized spacial score (nSPS) is 9.07. The average molecular weight is 201 g/mol. The zero-order valence-electron chi connectivity index (χ0n) is 8.49. The molecule has 0 amide bonds. The van der Waals surface area contributed by atoms with Crippen LogP contribution in [0.25, 0.3) is 0 Å². The van der Waals surface area contributed by atoms with E-state index in [-0.39, 0.29) is 6.61 Å². The molecule has 0 heterocycles. The number of carbonyl (C=O) groups excluding carboxylic acids is 1. The van der Waals surface area contributed by atoms with Crippen molar-refractivity contribution in [3.05, 3.63) is 47.5 Å². The summed E-state index contributed by atoms with van der Waals surface area (Å²) in [5.74, 6) is -0.419. The van der Waals surface area contributed by atoms with Gasteiger partial charge in [0.15, 0.2) is 0 Å². The molecule has 1 aromatic rings. The first-order valence-corrected chi connectivity index (χ1v) is 4.45. The summed E-state index contributed by atoms with van der Waals surface area (Å²) in [4.78, 5) is 11.1. The number of benzene rings is 1. The molecule has 0 radical (unpaired) electrons. The monoisotopic (exact) mass is 201 g/mol. The lowest BCUT2D eigenvalue weighted by atomic mass is 10.1. The minimum atomic E-state index is -0.419. The molecule has 76 valence electrons. The lowest BCUT2D eigenvalue weighted by Crippen LogP contribution is -2.04. The Labute approximate surface area is 88.6 Å². The summed E-state index contributed by atoms with van der Waals surface area (Å²) in [5.41, 5.74) is 1.72. The van der Waals surface area contributed by atoms with E-state index in [1.54, 1.807) is 31.2 Å². The highest BCUT2D eigenvalue weighted by atomic mass is 16.5. The van der Waals surface area contributed by atoms with E-state index in [1.807, 2.05) is 6.07 Å². The van der Waals surface area contributed by atoms with Crippen molar-refractivity contribution in [2.75, 3.05) is 0 Å². The number of esters is 1. The fraction of sp³-hybridized carbons (Fsp3) is 0.167. The zero-order chi connectivity index (χ0) is 11.3. The third kappa shape index (κ3) is 3.28. The number of ether oxygens (including phenoxy) is 1. The van der Waals surface area contributed by atoms with Crippen LogP contribution in [0.4, 0.5) is 0 Å². The molecule has 1 aromatic carbocycles. The van der Waals surface area contributed by atoms with Crippen molar-refractivity contribution in [3.8, 4) is 6.07 Å². The van der Waals surface area contributed by atoms with Crippen LogP contribution in [0.15, 0.2) is 36.4 Å². The van der Waals surface area contributed by atoms with E-state index < -0.39 is 5.97 Å². The van der Waals surface area contributed by atoms with Crippen molar-refractivity contribution in [1.29, 1.82) is 5.26 Å². The van der Waals surface area contributed by atoms with Gasteiger partial charge in [-0.1, -0.05) is 18.7 Å². The lowest BCUT2D eigenvalue weighted by Gasteiger charge is -2.04. The van der Waals surface area contributed by atoms with Gasteiger partial charge in [0.25, 0.3) is 0 Å². The molecule has 0 N–H and O–H groups in total. The summed E-state index contributed by atoms with van der Waals surface area (Å²) in [6.07, 6.45) is 0. The van der Waals surface area contributed by atoms with E-state index in [0.29, 0.717) is 11.1 Å². The second kappa shape index (κ2) is 4.97. The maximum atomic E-state index is 11.1. The molecule has 0 bridgehead atoms. The maximum absolute atomic E-state index is 11.1. The minimum Gasteiger partial charge on any atom is -0.457 e. The summed E-state index contributed by atoms with van der Waals surface area (Å²) in [7, 11) is 0. The zero-order valence-corrected chi connectivity index (χ0v) is 8.49. The Hall–Kier alpha value is -2.08. The van der Waals surface area contributed by atoms with Gasteiger partial charge in [-0.25, -0.2) is 4.79 Å². The second-order valence-corrected chi connectivity index (χ2v) is 3.17. The molecule has 0 atom stereocenters. The van der Waals surface area contributed by atoms with E-state index in [9.17, 15) is 4.79 Å². The van der Waals surface area contributed by atoms with Gasteiger partial charge in [0.05, 0.1) is 11.6 Å². The molecular formula is C12H11NO2. The van der Waals surface area contributed by atoms with Crippen LogP contribution in [0.5, 0.6) is 0 Å². The minimum absolute atomic E-state index is 0.168. The largest absolute Gasteiger partial charge is 0.457 e. The fourth-order valence-corrected chi connectivity index (χ4v) is 1.00. The third-order valence-corrected chi connectivity index (χ3v) is 1.77. The van der Waals surface area contributed by atoms with Crippen LogP contribution in [0.3, 0.4) is 0 Å². The van der Waals surface area contributed by atoms with E-state index in [4.69, 9.17) is 10.00 Å². The molecule has 1 rings (SSSR count). The molecule has 0 aliphatic rings. The number of nitrogens with zero attached hydrogens (tertiary/aromatic N) is 1. The van der Waals surface area contributed by atoms with E-state index in [2.05, 4.69) is 6.58 Å². The number of hydrogen-bond donors (Lipinski definition) is 0. The van der Waals surface area contributed by atoms with E-state index >= 15 is 0 Å². The summed E-state index contributed by atoms with van der Waals surface area (Å²) < 4.78 is 4.94. The van der Waals surface area contributed by atoms with Gasteiger partial charge in [-0.2, -0.15) is 5.26 Å². The molecule has 0 aliphatic heterocycles. The van der Waals surface area contributed by atoms with Crippen molar-refractivity contribution in [3.63, 3.8) is 0 Å². The summed E-state index contributed by atoms with van der Waals surface area (Å²) >= 11 is 0. The Morgan fingerprint density at radius 2 is 2.33 bits per heavy atom. The Kier molecular flexibility index (Phi) is 3.64. The standard InChI is InChI=1S/C12H11NO2/c1-9(2)12(14)15-8-11-5-3-4-10(6-11)7-13/h3-6H,1,8H2,2H3. The van der Waals surface area contributed by atoms with Gasteiger partial charge in [0, 0.05) is 5.57 Å². The smallest absolute Gasteiger partial charge is 0.333 e. The Morgan fingerprint density at radius 3 is 2.93 bits per heavy atom. The molecule has 0 aromatic heterocycles. The molecule has 0 spiro atoms. The van der Waals surface area contributed by atoms with Gasteiger partial charge in [-0.15, -0.1) is 0 Å². The van der Waals surface area contributed by atoms with Crippen LogP contribution in [-0.4, -0.2) is 5.97 Å². The average Bonchev–Trinajstić information content (AvgIpc) is 2.26. The van der Waals surface area contributed by atoms with Gasteiger partial charge in [-0.05, 0) is 24.6 Å². The molecule has 0 saturated carbocycles. The van der Waals surface area contributed by atoms with Gasteiger partial charge >= 0.3 is 5.97 Å². The number of carbonyl (C=O) groups is 1. The van der Waals surface area contributed by atoms with E-state index in [1.165, 1.54) is 0 Å². The van der Waals surface area contributed by atoms with Crippen LogP contribution < -0.4 is 0 Å². The first kappa shape index (κ1) is 11.0. The molecule has 0 aliphatic carbocycles. The Balaban J connectivity index is 2.62. The fourth-order valence-electron chi connectivity index (χ4n) is 1.00. The van der Waals surface area contributed by atoms with Crippen LogP contribution >= 0.6 is 0 Å². The van der Waals surface area contributed by atoms with Gasteiger partial charge < -0.3 is 4.74 Å².